The first-order chi connectivity index (χ1) is 14.7. The quantitative estimate of drug-likeness (QED) is 0.530. The second-order valence-electron chi connectivity index (χ2n) is 7.20. The number of hydrogen-bond acceptors (Lipinski definition) is 5. The number of benzene rings is 2. The Labute approximate surface area is 183 Å². The van der Waals surface area contributed by atoms with Crippen molar-refractivity contribution in [2.45, 2.75) is 26.8 Å². The number of nitrogens with zero attached hydrogens (tertiary/aromatic N) is 1. The number of hydrogen-bond donors (Lipinski definition) is 2. The molecule has 0 aliphatic rings. The molecule has 2 amide bonds. The maximum Gasteiger partial charge on any atom is 0.512 e. The molecule has 7 nitrogen and oxygen atoms in total. The SMILES string of the molecule is Cc1ccc(C(=O)N(c2cc(-c3ccccc3)sc2OC(=O)O)C(C)C)c(C(N)=O)c1. The van der Waals surface area contributed by atoms with Crippen LogP contribution in [-0.4, -0.2) is 29.1 Å². The van der Waals surface area contributed by atoms with Gasteiger partial charge in [0.25, 0.3) is 5.91 Å². The number of amides is 2. The Balaban J connectivity index is 2.15. The number of rotatable bonds is 6. The fraction of sp³-hybridized carbons (Fsp3) is 0.174. The highest BCUT2D eigenvalue weighted by Gasteiger charge is 2.29. The number of carbonyl (C=O) groups excluding carboxylic acids is 2. The summed E-state index contributed by atoms with van der Waals surface area (Å²) in [5, 5.41) is 9.28. The van der Waals surface area contributed by atoms with E-state index >= 15 is 0 Å². The lowest BCUT2D eigenvalue weighted by Gasteiger charge is -2.27. The lowest BCUT2D eigenvalue weighted by Crippen LogP contribution is -2.38. The molecule has 0 aliphatic heterocycles. The van der Waals surface area contributed by atoms with Gasteiger partial charge in [-0.2, -0.15) is 0 Å². The van der Waals surface area contributed by atoms with Gasteiger partial charge in [-0.25, -0.2) is 4.79 Å². The minimum absolute atomic E-state index is 0.0705. The molecule has 160 valence electrons. The Hall–Kier alpha value is -3.65. The fourth-order valence-corrected chi connectivity index (χ4v) is 4.23. The van der Waals surface area contributed by atoms with Crippen molar-refractivity contribution in [3.8, 4) is 15.5 Å². The third kappa shape index (κ3) is 4.75. The van der Waals surface area contributed by atoms with Crippen molar-refractivity contribution >= 4 is 35.0 Å². The summed E-state index contributed by atoms with van der Waals surface area (Å²) in [6, 6.07) is 15.6. The number of carbonyl (C=O) groups is 3. The molecule has 1 aromatic heterocycles. The van der Waals surface area contributed by atoms with Gasteiger partial charge in [-0.1, -0.05) is 53.3 Å². The molecule has 2 aromatic carbocycles. The standard InChI is InChI=1S/C23H22N2O5S/c1-13(2)25(21(27)16-10-9-14(3)11-17(16)20(24)26)18-12-19(15-7-5-4-6-8-15)31-22(18)30-23(28)29/h4-13H,1-3H3,(H2,24,26)(H,28,29). The smallest absolute Gasteiger partial charge is 0.449 e. The number of carboxylic acid groups (broad SMARTS) is 1. The van der Waals surface area contributed by atoms with Gasteiger partial charge in [-0.3, -0.25) is 9.59 Å². The number of nitrogens with two attached hydrogens (primary N) is 1. The topological polar surface area (TPSA) is 110 Å². The van der Waals surface area contributed by atoms with Crippen LogP contribution in [-0.2, 0) is 0 Å². The molecule has 0 unspecified atom stereocenters. The summed E-state index contributed by atoms with van der Waals surface area (Å²) in [5.41, 5.74) is 7.71. The van der Waals surface area contributed by atoms with Gasteiger partial charge in [0.15, 0.2) is 0 Å². The third-order valence-electron chi connectivity index (χ3n) is 4.58. The summed E-state index contributed by atoms with van der Waals surface area (Å²) in [6.07, 6.45) is -1.48. The number of primary amides is 1. The molecule has 0 bridgehead atoms. The number of aryl methyl sites for hydroxylation is 1. The zero-order chi connectivity index (χ0) is 22.7. The Morgan fingerprint density at radius 3 is 2.29 bits per heavy atom. The maximum atomic E-state index is 13.5. The van der Waals surface area contributed by atoms with Gasteiger partial charge in [0, 0.05) is 10.9 Å². The highest BCUT2D eigenvalue weighted by molar-refractivity contribution is 7.18. The zero-order valence-corrected chi connectivity index (χ0v) is 18.1. The summed E-state index contributed by atoms with van der Waals surface area (Å²) in [7, 11) is 0. The highest BCUT2D eigenvalue weighted by atomic mass is 32.1. The molecule has 8 heteroatoms. The van der Waals surface area contributed by atoms with Crippen LogP contribution in [0.25, 0.3) is 10.4 Å². The van der Waals surface area contributed by atoms with Crippen LogP contribution in [0.4, 0.5) is 10.5 Å². The van der Waals surface area contributed by atoms with E-state index in [-0.39, 0.29) is 22.2 Å². The van der Waals surface area contributed by atoms with E-state index in [1.54, 1.807) is 45.0 Å². The van der Waals surface area contributed by atoms with Gasteiger partial charge in [-0.15, -0.1) is 0 Å². The first-order valence-corrected chi connectivity index (χ1v) is 10.3. The van der Waals surface area contributed by atoms with E-state index in [0.29, 0.717) is 5.69 Å². The minimum atomic E-state index is -1.48. The van der Waals surface area contributed by atoms with Gasteiger partial charge in [0.05, 0.1) is 16.8 Å². The highest BCUT2D eigenvalue weighted by Crippen LogP contribution is 2.44. The molecule has 0 atom stereocenters. The first-order valence-electron chi connectivity index (χ1n) is 9.53. The minimum Gasteiger partial charge on any atom is -0.449 e. The molecule has 0 saturated carbocycles. The Kier molecular flexibility index (Phi) is 6.41. The van der Waals surface area contributed by atoms with Crippen molar-refractivity contribution in [1.82, 2.24) is 0 Å². The largest absolute Gasteiger partial charge is 0.512 e. The van der Waals surface area contributed by atoms with E-state index in [0.717, 1.165) is 27.3 Å². The summed E-state index contributed by atoms with van der Waals surface area (Å²) in [6.45, 7) is 5.38. The molecule has 0 saturated heterocycles. The van der Waals surface area contributed by atoms with Gasteiger partial charge in [0.2, 0.25) is 11.0 Å². The molecule has 1 heterocycles. The van der Waals surface area contributed by atoms with Crippen LogP contribution in [0.1, 0.15) is 40.1 Å². The van der Waals surface area contributed by atoms with Crippen LogP contribution in [0.2, 0.25) is 0 Å². The lowest BCUT2D eigenvalue weighted by atomic mass is 10.0. The van der Waals surface area contributed by atoms with Crippen molar-refractivity contribution in [3.05, 3.63) is 71.3 Å². The van der Waals surface area contributed by atoms with Crippen molar-refractivity contribution in [2.24, 2.45) is 5.73 Å². The van der Waals surface area contributed by atoms with Gasteiger partial charge >= 0.3 is 6.16 Å². The van der Waals surface area contributed by atoms with E-state index in [4.69, 9.17) is 10.5 Å². The average Bonchev–Trinajstić information content (AvgIpc) is 3.10. The molecule has 31 heavy (non-hydrogen) atoms. The number of ether oxygens (including phenoxy) is 1. The van der Waals surface area contributed by atoms with Gasteiger partial charge in [0.1, 0.15) is 0 Å². The predicted octanol–water partition coefficient (Wildman–Crippen LogP) is 4.93. The van der Waals surface area contributed by atoms with E-state index in [1.165, 1.54) is 4.90 Å². The lowest BCUT2D eigenvalue weighted by molar-refractivity contribution is 0.0955. The van der Waals surface area contributed by atoms with Gasteiger partial charge in [-0.05, 0) is 44.5 Å². The molecule has 0 spiro atoms. The molecule has 3 rings (SSSR count). The van der Waals surface area contributed by atoms with Crippen LogP contribution >= 0.6 is 11.3 Å². The first kappa shape index (κ1) is 22.0. The van der Waals surface area contributed by atoms with E-state index in [9.17, 15) is 19.5 Å². The predicted molar refractivity (Wildman–Crippen MR) is 120 cm³/mol. The van der Waals surface area contributed by atoms with E-state index < -0.39 is 18.0 Å². The van der Waals surface area contributed by atoms with E-state index in [2.05, 4.69) is 0 Å². The Morgan fingerprint density at radius 2 is 1.71 bits per heavy atom. The van der Waals surface area contributed by atoms with Crippen molar-refractivity contribution < 1.29 is 24.2 Å². The van der Waals surface area contributed by atoms with Crippen LogP contribution < -0.4 is 15.4 Å². The van der Waals surface area contributed by atoms with Crippen molar-refractivity contribution in [1.29, 1.82) is 0 Å². The van der Waals surface area contributed by atoms with Crippen molar-refractivity contribution in [2.75, 3.05) is 4.90 Å². The Bertz CT molecular complexity index is 1140. The molecule has 0 radical (unpaired) electrons. The van der Waals surface area contributed by atoms with Crippen LogP contribution in [0, 0.1) is 6.92 Å². The summed E-state index contributed by atoms with van der Waals surface area (Å²) in [4.78, 5) is 38.9. The zero-order valence-electron chi connectivity index (χ0n) is 17.3. The monoisotopic (exact) mass is 438 g/mol. The molecular weight excluding hydrogens is 416 g/mol. The second kappa shape index (κ2) is 9.01. The third-order valence-corrected chi connectivity index (χ3v) is 5.63. The summed E-state index contributed by atoms with van der Waals surface area (Å²) >= 11 is 1.12. The normalized spacial score (nSPS) is 10.7. The van der Waals surface area contributed by atoms with Crippen molar-refractivity contribution in [3.63, 3.8) is 0 Å². The van der Waals surface area contributed by atoms with Crippen LogP contribution in [0.15, 0.2) is 54.6 Å². The fourth-order valence-electron chi connectivity index (χ4n) is 3.23. The molecule has 0 fully saturated rings. The second-order valence-corrected chi connectivity index (χ2v) is 8.21. The van der Waals surface area contributed by atoms with Crippen LogP contribution in [0.3, 0.4) is 0 Å². The molecule has 3 N–H and O–H groups in total. The molecular formula is C23H22N2O5S. The summed E-state index contributed by atoms with van der Waals surface area (Å²) in [5.74, 6) is -1.19. The van der Waals surface area contributed by atoms with Crippen LogP contribution in [0.5, 0.6) is 5.06 Å². The summed E-state index contributed by atoms with van der Waals surface area (Å²) < 4.78 is 5.01. The number of anilines is 1. The molecule has 3 aromatic rings. The van der Waals surface area contributed by atoms with E-state index in [1.807, 2.05) is 30.3 Å². The maximum absolute atomic E-state index is 13.5. The molecule has 0 aliphatic carbocycles. The average molecular weight is 439 g/mol. The number of thiophene rings is 1. The van der Waals surface area contributed by atoms with Gasteiger partial charge < -0.3 is 20.5 Å². The Morgan fingerprint density at radius 1 is 1.03 bits per heavy atom.